The zero-order valence-electron chi connectivity index (χ0n) is 23.3. The van der Waals surface area contributed by atoms with Gasteiger partial charge in [0.05, 0.1) is 25.2 Å². The molecule has 0 spiro atoms. The van der Waals surface area contributed by atoms with Gasteiger partial charge in [-0.25, -0.2) is 14.4 Å². The summed E-state index contributed by atoms with van der Waals surface area (Å²) in [6.45, 7) is 6.19. The van der Waals surface area contributed by atoms with Crippen LogP contribution >= 0.6 is 11.3 Å². The van der Waals surface area contributed by atoms with Crippen molar-refractivity contribution in [3.8, 4) is 11.1 Å². The molecular weight excluding hydrogens is 544 g/mol. The molecule has 0 bridgehead atoms. The van der Waals surface area contributed by atoms with Gasteiger partial charge in [-0.3, -0.25) is 4.90 Å². The molecule has 2 amide bonds. The third kappa shape index (κ3) is 6.55. The van der Waals surface area contributed by atoms with E-state index in [1.54, 1.807) is 37.1 Å². The number of benzene rings is 2. The van der Waals surface area contributed by atoms with E-state index >= 15 is 0 Å². The van der Waals surface area contributed by atoms with E-state index in [0.717, 1.165) is 33.6 Å². The Labute approximate surface area is 243 Å². The monoisotopic (exact) mass is 578 g/mol. The van der Waals surface area contributed by atoms with Crippen molar-refractivity contribution < 1.29 is 33.7 Å². The highest BCUT2D eigenvalue weighted by Gasteiger charge is 2.37. The van der Waals surface area contributed by atoms with Crippen LogP contribution < -0.4 is 5.32 Å². The minimum absolute atomic E-state index is 0.113. The number of hydrogen-bond donors (Lipinski definition) is 2. The summed E-state index contributed by atoms with van der Waals surface area (Å²) >= 11 is 1.10. The van der Waals surface area contributed by atoms with Crippen molar-refractivity contribution in [1.29, 1.82) is 0 Å². The molecule has 10 heteroatoms. The fourth-order valence-corrected chi connectivity index (χ4v) is 6.20. The lowest BCUT2D eigenvalue weighted by Gasteiger charge is -2.39. The van der Waals surface area contributed by atoms with Gasteiger partial charge in [0.15, 0.2) is 0 Å². The van der Waals surface area contributed by atoms with Gasteiger partial charge < -0.3 is 24.6 Å². The molecule has 41 heavy (non-hydrogen) atoms. The quantitative estimate of drug-likeness (QED) is 0.360. The second-order valence-electron chi connectivity index (χ2n) is 11.2. The first-order valence-electron chi connectivity index (χ1n) is 13.6. The van der Waals surface area contributed by atoms with Gasteiger partial charge in [0, 0.05) is 12.5 Å². The van der Waals surface area contributed by atoms with Crippen LogP contribution in [0.5, 0.6) is 0 Å². The summed E-state index contributed by atoms with van der Waals surface area (Å²) in [5.41, 5.74) is 4.45. The lowest BCUT2D eigenvalue weighted by molar-refractivity contribution is -0.00704. The minimum Gasteiger partial charge on any atom is -0.477 e. The van der Waals surface area contributed by atoms with Crippen molar-refractivity contribution in [3.63, 3.8) is 0 Å². The van der Waals surface area contributed by atoms with E-state index in [9.17, 15) is 19.5 Å². The van der Waals surface area contributed by atoms with Crippen LogP contribution in [0, 0.1) is 0 Å². The van der Waals surface area contributed by atoms with Crippen molar-refractivity contribution in [2.45, 2.75) is 57.3 Å². The Morgan fingerprint density at radius 2 is 1.73 bits per heavy atom. The molecule has 1 saturated heterocycles. The van der Waals surface area contributed by atoms with Crippen LogP contribution in [-0.2, 0) is 20.8 Å². The number of carboxylic acids is 1. The van der Waals surface area contributed by atoms with E-state index in [0.29, 0.717) is 18.6 Å². The van der Waals surface area contributed by atoms with Crippen LogP contribution in [0.4, 0.5) is 9.59 Å². The highest BCUT2D eigenvalue weighted by Crippen LogP contribution is 2.44. The van der Waals surface area contributed by atoms with Crippen LogP contribution in [0.15, 0.2) is 60.0 Å². The number of amides is 2. The van der Waals surface area contributed by atoms with Gasteiger partial charge in [-0.2, -0.15) is 0 Å². The van der Waals surface area contributed by atoms with Gasteiger partial charge in [0.2, 0.25) is 0 Å². The molecule has 2 atom stereocenters. The summed E-state index contributed by atoms with van der Waals surface area (Å²) in [6.07, 6.45) is -0.687. The summed E-state index contributed by atoms with van der Waals surface area (Å²) in [4.78, 5) is 39.7. The smallest absolute Gasteiger partial charge is 0.410 e. The average molecular weight is 579 g/mol. The van der Waals surface area contributed by atoms with E-state index in [1.807, 2.05) is 24.3 Å². The zero-order chi connectivity index (χ0) is 29.1. The Morgan fingerprint density at radius 1 is 1.07 bits per heavy atom. The number of carbonyl (C=O) groups is 3. The molecule has 216 valence electrons. The van der Waals surface area contributed by atoms with Crippen LogP contribution in [0.3, 0.4) is 0 Å². The van der Waals surface area contributed by atoms with Crippen LogP contribution in [-0.4, -0.2) is 65.7 Å². The Bertz CT molecular complexity index is 1380. The number of rotatable bonds is 7. The molecule has 3 aromatic rings. The number of carbonyl (C=O) groups excluding carboxylic acids is 2. The molecule has 0 radical (unpaired) electrons. The molecule has 1 fully saturated rings. The van der Waals surface area contributed by atoms with Crippen molar-refractivity contribution in [2.24, 2.45) is 0 Å². The van der Waals surface area contributed by atoms with Crippen molar-refractivity contribution in [3.05, 3.63) is 81.5 Å². The topological polar surface area (TPSA) is 114 Å². The van der Waals surface area contributed by atoms with Crippen molar-refractivity contribution in [2.75, 3.05) is 19.8 Å². The summed E-state index contributed by atoms with van der Waals surface area (Å²) < 4.78 is 17.1. The van der Waals surface area contributed by atoms with Gasteiger partial charge in [-0.1, -0.05) is 48.5 Å². The number of alkyl carbamates (subject to hydrolysis) is 1. The number of fused-ring (bicyclic) bond motifs is 3. The summed E-state index contributed by atoms with van der Waals surface area (Å²) in [7, 11) is 0. The zero-order valence-corrected chi connectivity index (χ0v) is 24.1. The number of nitrogens with zero attached hydrogens (tertiary/aromatic N) is 1. The first-order valence-corrected chi connectivity index (χ1v) is 14.5. The van der Waals surface area contributed by atoms with E-state index in [4.69, 9.17) is 14.2 Å². The molecule has 1 aliphatic carbocycles. The molecular formula is C31H34N2O7S. The number of nitrogens with one attached hydrogen (secondary N) is 1. The van der Waals surface area contributed by atoms with E-state index in [2.05, 4.69) is 29.6 Å². The number of carboxylic acid groups (broad SMARTS) is 1. The second kappa shape index (κ2) is 11.9. The van der Waals surface area contributed by atoms with Crippen LogP contribution in [0.25, 0.3) is 11.1 Å². The standard InChI is InChI=1S/C31H34N2O7S/c1-31(2,3)40-29(36)32-25-17-38-13-12-26(25)33(15-19-14-27(28(34)35)41-18-19)30(37)39-16-24-22-10-6-4-8-20(22)21-9-5-7-11-23(21)24/h4-11,14,18,24-26H,12-13,15-17H2,1-3H3,(H,32,36)(H,34,35)/t25-,26+/m0/s1. The fourth-order valence-electron chi connectivity index (χ4n) is 5.46. The maximum absolute atomic E-state index is 13.8. The molecule has 9 nitrogen and oxygen atoms in total. The predicted molar refractivity (Wildman–Crippen MR) is 154 cm³/mol. The first kappa shape index (κ1) is 28.6. The van der Waals surface area contributed by atoms with Gasteiger partial charge in [0.1, 0.15) is 17.1 Å². The largest absolute Gasteiger partial charge is 0.477 e. The van der Waals surface area contributed by atoms with Gasteiger partial charge in [0.25, 0.3) is 0 Å². The molecule has 0 saturated carbocycles. The maximum atomic E-state index is 13.8. The molecule has 5 rings (SSSR count). The third-order valence-corrected chi connectivity index (χ3v) is 8.18. The average Bonchev–Trinajstić information content (AvgIpc) is 3.53. The predicted octanol–water partition coefficient (Wildman–Crippen LogP) is 5.88. The van der Waals surface area contributed by atoms with E-state index in [-0.39, 0.29) is 30.6 Å². The number of aromatic carboxylic acids is 1. The lowest BCUT2D eigenvalue weighted by Crippen LogP contribution is -2.58. The molecule has 2 N–H and O–H groups in total. The second-order valence-corrected chi connectivity index (χ2v) is 12.2. The Kier molecular flexibility index (Phi) is 8.32. The van der Waals surface area contributed by atoms with Crippen molar-refractivity contribution in [1.82, 2.24) is 10.2 Å². The van der Waals surface area contributed by atoms with Crippen molar-refractivity contribution >= 4 is 29.5 Å². The summed E-state index contributed by atoms with van der Waals surface area (Å²) in [5, 5.41) is 14.0. The fraction of sp³-hybridized carbons (Fsp3) is 0.387. The molecule has 2 aliphatic rings. The summed E-state index contributed by atoms with van der Waals surface area (Å²) in [6, 6.07) is 16.8. The SMILES string of the molecule is CC(C)(C)OC(=O)N[C@H]1COCC[C@H]1N(Cc1csc(C(=O)O)c1)C(=O)OCC1c2ccccc2-c2ccccc21. The molecule has 2 aromatic carbocycles. The first-order chi connectivity index (χ1) is 19.6. The van der Waals surface area contributed by atoms with Gasteiger partial charge in [-0.05, 0) is 66.5 Å². The minimum atomic E-state index is -1.02. The van der Waals surface area contributed by atoms with E-state index < -0.39 is 35.8 Å². The molecule has 1 aromatic heterocycles. The van der Waals surface area contributed by atoms with E-state index in [1.165, 1.54) is 0 Å². The molecule has 1 aliphatic heterocycles. The third-order valence-electron chi connectivity index (χ3n) is 7.21. The van der Waals surface area contributed by atoms with Gasteiger partial charge >= 0.3 is 18.2 Å². The van der Waals surface area contributed by atoms with Gasteiger partial charge in [-0.15, -0.1) is 11.3 Å². The lowest BCUT2D eigenvalue weighted by atomic mass is 9.98. The highest BCUT2D eigenvalue weighted by molar-refractivity contribution is 7.12. The maximum Gasteiger partial charge on any atom is 0.410 e. The highest BCUT2D eigenvalue weighted by atomic mass is 32.1. The number of thiophene rings is 1. The van der Waals surface area contributed by atoms with Crippen LogP contribution in [0.1, 0.15) is 59.5 Å². The molecule has 2 heterocycles. The molecule has 0 unspecified atom stereocenters. The Balaban J connectivity index is 1.38. The Morgan fingerprint density at radius 3 is 2.34 bits per heavy atom. The normalized spacial score (nSPS) is 18.2. The number of ether oxygens (including phenoxy) is 3. The summed E-state index contributed by atoms with van der Waals surface area (Å²) in [5.74, 6) is -1.14. The number of hydrogen-bond acceptors (Lipinski definition) is 7. The van der Waals surface area contributed by atoms with Crippen LogP contribution in [0.2, 0.25) is 0 Å². The Hall–Kier alpha value is -3.89.